The number of methoxy groups -OCH3 is 1. The molecule has 3 aromatic carbocycles. The first kappa shape index (κ1) is 26.8. The van der Waals surface area contributed by atoms with Gasteiger partial charge in [0.15, 0.2) is 6.61 Å². The van der Waals surface area contributed by atoms with Gasteiger partial charge in [-0.05, 0) is 55.2 Å². The third-order valence-electron chi connectivity index (χ3n) is 6.20. The molecule has 0 heterocycles. The molecule has 6 heteroatoms. The zero-order valence-corrected chi connectivity index (χ0v) is 21.6. The number of hydrogen-bond acceptors (Lipinski definition) is 4. The molecule has 0 aliphatic rings. The predicted octanol–water partition coefficient (Wildman–Crippen LogP) is 4.94. The minimum absolute atomic E-state index is 0.00670. The van der Waals surface area contributed by atoms with Gasteiger partial charge in [-0.25, -0.2) is 0 Å². The van der Waals surface area contributed by atoms with E-state index in [1.54, 1.807) is 12.0 Å². The van der Waals surface area contributed by atoms with Crippen LogP contribution in [-0.4, -0.2) is 42.5 Å². The lowest BCUT2D eigenvalue weighted by Crippen LogP contribution is -2.53. The SMILES string of the molecule is CC[C@@H](C)NC(=O)[C@H](Cc1ccccc1)N(Cc1cccc(OC)c1)C(=O)COc1ccccc1C. The monoisotopic (exact) mass is 488 g/mol. The Morgan fingerprint density at radius 3 is 2.33 bits per heavy atom. The van der Waals surface area contributed by atoms with Gasteiger partial charge in [0.2, 0.25) is 5.91 Å². The Hall–Kier alpha value is -3.80. The summed E-state index contributed by atoms with van der Waals surface area (Å²) in [5.74, 6) is 0.900. The second kappa shape index (κ2) is 13.3. The van der Waals surface area contributed by atoms with Crippen LogP contribution in [0.15, 0.2) is 78.9 Å². The molecule has 2 amide bonds. The first-order valence-electron chi connectivity index (χ1n) is 12.4. The van der Waals surface area contributed by atoms with Crippen molar-refractivity contribution in [3.63, 3.8) is 0 Å². The van der Waals surface area contributed by atoms with Gasteiger partial charge in [-0.1, -0.05) is 67.6 Å². The molecule has 2 atom stereocenters. The summed E-state index contributed by atoms with van der Waals surface area (Å²) in [6.07, 6.45) is 1.19. The van der Waals surface area contributed by atoms with Crippen molar-refractivity contribution < 1.29 is 19.1 Å². The highest BCUT2D eigenvalue weighted by molar-refractivity contribution is 5.88. The van der Waals surface area contributed by atoms with Gasteiger partial charge in [-0.15, -0.1) is 0 Å². The summed E-state index contributed by atoms with van der Waals surface area (Å²) in [4.78, 5) is 28.8. The molecule has 0 aliphatic heterocycles. The molecular formula is C30H36N2O4. The van der Waals surface area contributed by atoms with E-state index < -0.39 is 6.04 Å². The molecule has 0 aliphatic carbocycles. The zero-order chi connectivity index (χ0) is 25.9. The number of hydrogen-bond donors (Lipinski definition) is 1. The number of rotatable bonds is 12. The number of carbonyl (C=O) groups is 2. The topological polar surface area (TPSA) is 67.9 Å². The smallest absolute Gasteiger partial charge is 0.261 e. The Balaban J connectivity index is 1.94. The van der Waals surface area contributed by atoms with Crippen molar-refractivity contribution in [1.29, 1.82) is 0 Å². The standard InChI is InChI=1S/C30H36N2O4/c1-5-23(3)31-30(34)27(19-24-13-7-6-8-14-24)32(20-25-15-11-16-26(18-25)35-4)29(33)21-36-28-17-10-9-12-22(28)2/h6-18,23,27H,5,19-21H2,1-4H3,(H,31,34)/t23-,27+/m1/s1. The maximum absolute atomic E-state index is 13.7. The molecule has 0 spiro atoms. The van der Waals surface area contributed by atoms with Crippen LogP contribution in [0.25, 0.3) is 0 Å². The molecule has 3 rings (SSSR count). The largest absolute Gasteiger partial charge is 0.497 e. The average molecular weight is 489 g/mol. The van der Waals surface area contributed by atoms with Crippen molar-refractivity contribution in [2.75, 3.05) is 13.7 Å². The lowest BCUT2D eigenvalue weighted by molar-refractivity contribution is -0.143. The predicted molar refractivity (Wildman–Crippen MR) is 142 cm³/mol. The van der Waals surface area contributed by atoms with E-state index in [0.29, 0.717) is 17.9 Å². The molecule has 1 N–H and O–H groups in total. The Morgan fingerprint density at radius 2 is 1.64 bits per heavy atom. The van der Waals surface area contributed by atoms with Crippen molar-refractivity contribution in [2.45, 2.75) is 52.2 Å². The fourth-order valence-electron chi connectivity index (χ4n) is 3.90. The van der Waals surface area contributed by atoms with E-state index in [4.69, 9.17) is 9.47 Å². The lowest BCUT2D eigenvalue weighted by Gasteiger charge is -2.32. The van der Waals surface area contributed by atoms with Crippen molar-refractivity contribution >= 4 is 11.8 Å². The van der Waals surface area contributed by atoms with Crippen LogP contribution in [0.5, 0.6) is 11.5 Å². The Morgan fingerprint density at radius 1 is 0.944 bits per heavy atom. The van der Waals surface area contributed by atoms with Crippen molar-refractivity contribution in [3.8, 4) is 11.5 Å². The van der Waals surface area contributed by atoms with Gasteiger partial charge in [0.05, 0.1) is 7.11 Å². The molecule has 0 unspecified atom stereocenters. The van der Waals surface area contributed by atoms with Crippen LogP contribution in [0.4, 0.5) is 0 Å². The van der Waals surface area contributed by atoms with Crippen molar-refractivity contribution in [2.24, 2.45) is 0 Å². The molecule has 0 aromatic heterocycles. The molecular weight excluding hydrogens is 452 g/mol. The molecule has 0 saturated carbocycles. The van der Waals surface area contributed by atoms with E-state index in [1.807, 2.05) is 99.6 Å². The number of para-hydroxylation sites is 1. The summed E-state index contributed by atoms with van der Waals surface area (Å²) in [5, 5.41) is 3.08. The summed E-state index contributed by atoms with van der Waals surface area (Å²) < 4.78 is 11.3. The quantitative estimate of drug-likeness (QED) is 0.392. The molecule has 0 bridgehead atoms. The van der Waals surface area contributed by atoms with E-state index in [-0.39, 0.29) is 31.0 Å². The highest BCUT2D eigenvalue weighted by atomic mass is 16.5. The number of nitrogens with one attached hydrogen (secondary N) is 1. The van der Waals surface area contributed by atoms with Gasteiger partial charge in [-0.3, -0.25) is 9.59 Å². The van der Waals surface area contributed by atoms with Crippen LogP contribution in [0.2, 0.25) is 0 Å². The minimum Gasteiger partial charge on any atom is -0.497 e. The molecule has 0 radical (unpaired) electrons. The molecule has 190 valence electrons. The van der Waals surface area contributed by atoms with Crippen LogP contribution < -0.4 is 14.8 Å². The van der Waals surface area contributed by atoms with Gasteiger partial charge in [0.25, 0.3) is 5.91 Å². The number of carbonyl (C=O) groups excluding carboxylic acids is 2. The zero-order valence-electron chi connectivity index (χ0n) is 21.6. The number of nitrogens with zero attached hydrogens (tertiary/aromatic N) is 1. The van der Waals surface area contributed by atoms with Crippen LogP contribution >= 0.6 is 0 Å². The van der Waals surface area contributed by atoms with E-state index in [2.05, 4.69) is 5.32 Å². The van der Waals surface area contributed by atoms with Gasteiger partial charge < -0.3 is 19.7 Å². The van der Waals surface area contributed by atoms with E-state index in [0.717, 1.165) is 23.1 Å². The number of aryl methyl sites for hydroxylation is 1. The Labute approximate surface area is 214 Å². The Bertz CT molecular complexity index is 1130. The van der Waals surface area contributed by atoms with E-state index in [9.17, 15) is 9.59 Å². The fraction of sp³-hybridized carbons (Fsp3) is 0.333. The van der Waals surface area contributed by atoms with Crippen LogP contribution in [0.1, 0.15) is 37.0 Å². The van der Waals surface area contributed by atoms with Gasteiger partial charge in [0, 0.05) is 19.0 Å². The van der Waals surface area contributed by atoms with E-state index >= 15 is 0 Å². The second-order valence-corrected chi connectivity index (χ2v) is 8.95. The first-order chi connectivity index (χ1) is 17.4. The Kier molecular flexibility index (Phi) is 9.92. The summed E-state index contributed by atoms with van der Waals surface area (Å²) in [6.45, 7) is 6.00. The number of ether oxygens (including phenoxy) is 2. The maximum Gasteiger partial charge on any atom is 0.261 e. The second-order valence-electron chi connectivity index (χ2n) is 8.95. The lowest BCUT2D eigenvalue weighted by atomic mass is 10.0. The van der Waals surface area contributed by atoms with Crippen LogP contribution in [0.3, 0.4) is 0 Å². The minimum atomic E-state index is -0.708. The highest BCUT2D eigenvalue weighted by Crippen LogP contribution is 2.20. The third kappa shape index (κ3) is 7.60. The van der Waals surface area contributed by atoms with Crippen molar-refractivity contribution in [3.05, 3.63) is 95.6 Å². The van der Waals surface area contributed by atoms with E-state index in [1.165, 1.54) is 0 Å². The fourth-order valence-corrected chi connectivity index (χ4v) is 3.90. The summed E-state index contributed by atoms with van der Waals surface area (Å²) in [5.41, 5.74) is 2.79. The number of benzene rings is 3. The van der Waals surface area contributed by atoms with Crippen LogP contribution in [0, 0.1) is 6.92 Å². The van der Waals surface area contributed by atoms with Gasteiger partial charge >= 0.3 is 0 Å². The first-order valence-corrected chi connectivity index (χ1v) is 12.4. The summed E-state index contributed by atoms with van der Waals surface area (Å²) >= 11 is 0. The number of amides is 2. The maximum atomic E-state index is 13.7. The average Bonchev–Trinajstić information content (AvgIpc) is 2.90. The van der Waals surface area contributed by atoms with Gasteiger partial charge in [0.1, 0.15) is 17.5 Å². The molecule has 3 aromatic rings. The molecule has 0 saturated heterocycles. The molecule has 0 fully saturated rings. The highest BCUT2D eigenvalue weighted by Gasteiger charge is 2.31. The van der Waals surface area contributed by atoms with Crippen LogP contribution in [-0.2, 0) is 22.6 Å². The molecule has 6 nitrogen and oxygen atoms in total. The summed E-state index contributed by atoms with van der Waals surface area (Å²) in [6, 6.07) is 24.2. The summed E-state index contributed by atoms with van der Waals surface area (Å²) in [7, 11) is 1.61. The van der Waals surface area contributed by atoms with Gasteiger partial charge in [-0.2, -0.15) is 0 Å². The molecule has 36 heavy (non-hydrogen) atoms. The normalized spacial score (nSPS) is 12.3. The van der Waals surface area contributed by atoms with Crippen molar-refractivity contribution in [1.82, 2.24) is 10.2 Å². The third-order valence-corrected chi connectivity index (χ3v) is 6.20.